The van der Waals surface area contributed by atoms with Crippen LogP contribution < -0.4 is 11.1 Å². The summed E-state index contributed by atoms with van der Waals surface area (Å²) in [5.41, 5.74) is 8.79. The van der Waals surface area contributed by atoms with Crippen molar-refractivity contribution in [1.29, 1.82) is 0 Å². The molecule has 0 saturated heterocycles. The predicted octanol–water partition coefficient (Wildman–Crippen LogP) is 5.09. The van der Waals surface area contributed by atoms with Gasteiger partial charge in [0.2, 0.25) is 0 Å². The average molecular weight is 393 g/mol. The summed E-state index contributed by atoms with van der Waals surface area (Å²) < 4.78 is 1.99. The van der Waals surface area contributed by atoms with E-state index in [2.05, 4.69) is 42.2 Å². The van der Waals surface area contributed by atoms with E-state index in [1.807, 2.05) is 42.6 Å². The lowest BCUT2D eigenvalue weighted by molar-refractivity contribution is 1.36. The molecule has 0 atom stereocenters. The van der Waals surface area contributed by atoms with Crippen LogP contribution in [0.3, 0.4) is 0 Å². The Bertz CT molecular complexity index is 787. The molecule has 0 radical (unpaired) electrons. The van der Waals surface area contributed by atoms with Gasteiger partial charge in [0.15, 0.2) is 0 Å². The molecule has 0 amide bonds. The number of benzene rings is 2. The summed E-state index contributed by atoms with van der Waals surface area (Å²) >= 11 is 7.00. The van der Waals surface area contributed by atoms with Gasteiger partial charge in [-0.3, -0.25) is 4.98 Å². The Morgan fingerprint density at radius 2 is 1.85 bits per heavy atom. The van der Waals surface area contributed by atoms with Crippen molar-refractivity contribution in [1.82, 2.24) is 4.98 Å². The monoisotopic (exact) mass is 391 g/mol. The molecule has 5 heteroatoms. The minimum Gasteiger partial charge on any atom is -0.397 e. The number of nitrogens with one attached hydrogen (secondary N) is 1. The van der Waals surface area contributed by atoms with Gasteiger partial charge in [0.1, 0.15) is 0 Å². The molecule has 0 bridgehead atoms. The van der Waals surface area contributed by atoms with Crippen LogP contribution >= 0.6 is 31.9 Å². The Balaban J connectivity index is 2.07. The van der Waals surface area contributed by atoms with E-state index in [-0.39, 0.29) is 0 Å². The van der Waals surface area contributed by atoms with Gasteiger partial charge in [-0.05, 0) is 46.3 Å². The molecule has 3 rings (SSSR count). The second-order valence-electron chi connectivity index (χ2n) is 4.37. The molecule has 3 aromatic rings. The number of hydrogen-bond donors (Lipinski definition) is 2. The minimum absolute atomic E-state index is 0.719. The van der Waals surface area contributed by atoms with Crippen molar-refractivity contribution in [3.8, 4) is 0 Å². The predicted molar refractivity (Wildman–Crippen MR) is 91.3 cm³/mol. The van der Waals surface area contributed by atoms with E-state index in [1.54, 1.807) is 6.20 Å². The minimum atomic E-state index is 0.719. The molecular weight excluding hydrogens is 382 g/mol. The van der Waals surface area contributed by atoms with Gasteiger partial charge in [-0.1, -0.05) is 22.0 Å². The second-order valence-corrected chi connectivity index (χ2v) is 6.14. The number of hydrogen-bond acceptors (Lipinski definition) is 3. The number of halogens is 2. The highest BCUT2D eigenvalue weighted by molar-refractivity contribution is 9.11. The summed E-state index contributed by atoms with van der Waals surface area (Å²) in [7, 11) is 0. The molecule has 20 heavy (non-hydrogen) atoms. The normalized spacial score (nSPS) is 10.7. The van der Waals surface area contributed by atoms with Crippen molar-refractivity contribution in [2.75, 3.05) is 11.1 Å². The van der Waals surface area contributed by atoms with Gasteiger partial charge in [0.05, 0.1) is 17.1 Å². The van der Waals surface area contributed by atoms with Crippen LogP contribution in [0.15, 0.2) is 57.7 Å². The van der Waals surface area contributed by atoms with Gasteiger partial charge in [-0.2, -0.15) is 0 Å². The molecule has 3 N–H and O–H groups in total. The van der Waals surface area contributed by atoms with Crippen LogP contribution in [-0.4, -0.2) is 4.98 Å². The zero-order chi connectivity index (χ0) is 14.1. The summed E-state index contributed by atoms with van der Waals surface area (Å²) in [4.78, 5) is 4.10. The van der Waals surface area contributed by atoms with Crippen molar-refractivity contribution >= 4 is 59.7 Å². The Morgan fingerprint density at radius 1 is 1.00 bits per heavy atom. The van der Waals surface area contributed by atoms with Crippen molar-refractivity contribution < 1.29 is 0 Å². The summed E-state index contributed by atoms with van der Waals surface area (Å²) in [6.45, 7) is 0. The zero-order valence-corrected chi connectivity index (χ0v) is 13.6. The van der Waals surface area contributed by atoms with Crippen LogP contribution in [0, 0.1) is 0 Å². The fourth-order valence-electron chi connectivity index (χ4n) is 2.04. The summed E-state index contributed by atoms with van der Waals surface area (Å²) in [5.74, 6) is 0. The number of pyridine rings is 1. The van der Waals surface area contributed by atoms with Crippen LogP contribution in [0.25, 0.3) is 10.8 Å². The maximum atomic E-state index is 6.24. The van der Waals surface area contributed by atoms with E-state index in [4.69, 9.17) is 5.73 Å². The third-order valence-corrected chi connectivity index (χ3v) is 4.24. The van der Waals surface area contributed by atoms with Crippen molar-refractivity contribution in [2.24, 2.45) is 0 Å². The van der Waals surface area contributed by atoms with Gasteiger partial charge in [0.25, 0.3) is 0 Å². The molecule has 0 unspecified atom stereocenters. The SMILES string of the molecule is Nc1c(Nc2cc(Br)ccc2Br)ccc2cnccc12. The smallest absolute Gasteiger partial charge is 0.0634 e. The lowest BCUT2D eigenvalue weighted by atomic mass is 10.1. The first kappa shape index (κ1) is 13.4. The van der Waals surface area contributed by atoms with Crippen molar-refractivity contribution in [3.05, 3.63) is 57.7 Å². The summed E-state index contributed by atoms with van der Waals surface area (Å²) in [6, 6.07) is 11.9. The van der Waals surface area contributed by atoms with Gasteiger partial charge >= 0.3 is 0 Å². The third kappa shape index (κ3) is 2.51. The molecule has 0 fully saturated rings. The number of nitrogens with two attached hydrogens (primary N) is 1. The standard InChI is InChI=1S/C15H11Br2N3/c16-10-2-3-12(17)14(7-10)20-13-4-1-9-8-19-6-5-11(9)15(13)18/h1-8,20H,18H2. The number of nitrogen functional groups attached to an aromatic ring is 1. The fourth-order valence-corrected chi connectivity index (χ4v) is 2.75. The van der Waals surface area contributed by atoms with Gasteiger partial charge in [-0.25, -0.2) is 0 Å². The first-order valence-electron chi connectivity index (χ1n) is 5.99. The van der Waals surface area contributed by atoms with Crippen molar-refractivity contribution in [2.45, 2.75) is 0 Å². The lowest BCUT2D eigenvalue weighted by Crippen LogP contribution is -1.98. The highest BCUT2D eigenvalue weighted by atomic mass is 79.9. The number of aromatic nitrogens is 1. The maximum absolute atomic E-state index is 6.24. The van der Waals surface area contributed by atoms with Gasteiger partial charge < -0.3 is 11.1 Å². The number of anilines is 3. The Morgan fingerprint density at radius 3 is 2.70 bits per heavy atom. The fraction of sp³-hybridized carbons (Fsp3) is 0. The highest BCUT2D eigenvalue weighted by Crippen LogP contribution is 2.34. The number of rotatable bonds is 2. The van der Waals surface area contributed by atoms with E-state index in [9.17, 15) is 0 Å². The van der Waals surface area contributed by atoms with E-state index in [0.717, 1.165) is 36.8 Å². The Hall–Kier alpha value is -1.59. The molecule has 3 nitrogen and oxygen atoms in total. The van der Waals surface area contributed by atoms with E-state index in [0.29, 0.717) is 0 Å². The van der Waals surface area contributed by atoms with E-state index < -0.39 is 0 Å². The summed E-state index contributed by atoms with van der Waals surface area (Å²) in [5, 5.41) is 5.38. The average Bonchev–Trinajstić information content (AvgIpc) is 2.46. The largest absolute Gasteiger partial charge is 0.397 e. The van der Waals surface area contributed by atoms with Crippen LogP contribution in [0.5, 0.6) is 0 Å². The molecule has 1 heterocycles. The molecule has 0 aliphatic heterocycles. The van der Waals surface area contributed by atoms with Gasteiger partial charge in [0, 0.05) is 32.1 Å². The second kappa shape index (κ2) is 5.42. The first-order valence-corrected chi connectivity index (χ1v) is 7.58. The third-order valence-electron chi connectivity index (χ3n) is 3.06. The molecule has 0 saturated carbocycles. The Kier molecular flexibility index (Phi) is 3.63. The van der Waals surface area contributed by atoms with E-state index >= 15 is 0 Å². The van der Waals surface area contributed by atoms with Crippen LogP contribution in [0.4, 0.5) is 17.1 Å². The molecule has 100 valence electrons. The number of nitrogens with zero attached hydrogens (tertiary/aromatic N) is 1. The molecule has 0 spiro atoms. The molecular formula is C15H11Br2N3. The van der Waals surface area contributed by atoms with E-state index in [1.165, 1.54) is 0 Å². The molecule has 0 aliphatic carbocycles. The molecule has 2 aromatic carbocycles. The zero-order valence-electron chi connectivity index (χ0n) is 10.4. The van der Waals surface area contributed by atoms with Crippen LogP contribution in [0.1, 0.15) is 0 Å². The molecule has 1 aromatic heterocycles. The molecule has 0 aliphatic rings. The lowest BCUT2D eigenvalue weighted by Gasteiger charge is -2.13. The quantitative estimate of drug-likeness (QED) is 0.597. The first-order chi connectivity index (χ1) is 9.65. The highest BCUT2D eigenvalue weighted by Gasteiger charge is 2.07. The van der Waals surface area contributed by atoms with Crippen LogP contribution in [-0.2, 0) is 0 Å². The van der Waals surface area contributed by atoms with Crippen LogP contribution in [0.2, 0.25) is 0 Å². The Labute approximate surface area is 133 Å². The number of fused-ring (bicyclic) bond motifs is 1. The van der Waals surface area contributed by atoms with Crippen molar-refractivity contribution in [3.63, 3.8) is 0 Å². The summed E-state index contributed by atoms with van der Waals surface area (Å²) in [6.07, 6.45) is 3.56. The maximum Gasteiger partial charge on any atom is 0.0634 e. The topological polar surface area (TPSA) is 50.9 Å². The van der Waals surface area contributed by atoms with Gasteiger partial charge in [-0.15, -0.1) is 0 Å².